The number of carbonyl (C=O) groups excluding carboxylic acids is 2. The lowest BCUT2D eigenvalue weighted by atomic mass is 10.2. The van der Waals surface area contributed by atoms with Gasteiger partial charge >= 0.3 is 12.1 Å². The Morgan fingerprint density at radius 3 is 2.67 bits per heavy atom. The molecule has 6 nitrogen and oxygen atoms in total. The quantitative estimate of drug-likeness (QED) is 0.889. The molecule has 3 rings (SSSR count). The molecular formula is C17H16ClN3O3. The van der Waals surface area contributed by atoms with Crippen molar-refractivity contribution >= 4 is 35.1 Å². The summed E-state index contributed by atoms with van der Waals surface area (Å²) in [5.41, 5.74) is 2.29. The van der Waals surface area contributed by atoms with Crippen molar-refractivity contribution in [3.63, 3.8) is 0 Å². The standard InChI is InChI=1S/C17H16ClN3O3/c18-13-3-1-2-12(10-13)11-19-16(22)20-14-4-6-15(7-5-14)21-8-9-24-17(21)23/h1-7,10H,8-9,11H2,(H2,19,20,22). The van der Waals surface area contributed by atoms with Gasteiger partial charge in [0.1, 0.15) is 6.61 Å². The van der Waals surface area contributed by atoms with E-state index in [9.17, 15) is 9.59 Å². The van der Waals surface area contributed by atoms with Gasteiger partial charge in [0, 0.05) is 22.9 Å². The van der Waals surface area contributed by atoms with Crippen LogP contribution < -0.4 is 15.5 Å². The molecule has 0 aliphatic carbocycles. The van der Waals surface area contributed by atoms with Crippen LogP contribution in [0.4, 0.5) is 21.0 Å². The van der Waals surface area contributed by atoms with Gasteiger partial charge < -0.3 is 15.4 Å². The van der Waals surface area contributed by atoms with Crippen LogP contribution in [0.1, 0.15) is 5.56 Å². The third-order valence-corrected chi connectivity index (χ3v) is 3.77. The highest BCUT2D eigenvalue weighted by molar-refractivity contribution is 6.30. The summed E-state index contributed by atoms with van der Waals surface area (Å²) < 4.78 is 4.89. The molecular weight excluding hydrogens is 330 g/mol. The van der Waals surface area contributed by atoms with Gasteiger partial charge in [-0.15, -0.1) is 0 Å². The van der Waals surface area contributed by atoms with Crippen molar-refractivity contribution < 1.29 is 14.3 Å². The second-order valence-corrected chi connectivity index (χ2v) is 5.69. The fourth-order valence-corrected chi connectivity index (χ4v) is 2.57. The van der Waals surface area contributed by atoms with Crippen LogP contribution in [0.5, 0.6) is 0 Å². The summed E-state index contributed by atoms with van der Waals surface area (Å²) in [6.07, 6.45) is -0.352. The number of amides is 3. The predicted octanol–water partition coefficient (Wildman–Crippen LogP) is 3.62. The number of ether oxygens (including phenoxy) is 1. The minimum atomic E-state index is -0.352. The fraction of sp³-hybridized carbons (Fsp3) is 0.176. The van der Waals surface area contributed by atoms with Crippen LogP contribution in [0.3, 0.4) is 0 Å². The molecule has 0 radical (unpaired) electrons. The van der Waals surface area contributed by atoms with Gasteiger partial charge in [-0.2, -0.15) is 0 Å². The van der Waals surface area contributed by atoms with E-state index in [0.717, 1.165) is 11.3 Å². The van der Waals surface area contributed by atoms with E-state index < -0.39 is 0 Å². The van der Waals surface area contributed by atoms with Crippen molar-refractivity contribution in [2.75, 3.05) is 23.4 Å². The number of halogens is 1. The molecule has 1 heterocycles. The van der Waals surface area contributed by atoms with Crippen LogP contribution in [0.25, 0.3) is 0 Å². The van der Waals surface area contributed by atoms with E-state index in [4.69, 9.17) is 16.3 Å². The van der Waals surface area contributed by atoms with Crippen molar-refractivity contribution in [1.82, 2.24) is 5.32 Å². The van der Waals surface area contributed by atoms with Crippen LogP contribution >= 0.6 is 11.6 Å². The molecule has 7 heteroatoms. The highest BCUT2D eigenvalue weighted by atomic mass is 35.5. The van der Waals surface area contributed by atoms with Gasteiger partial charge in [0.05, 0.1) is 6.54 Å². The molecule has 1 aliphatic rings. The van der Waals surface area contributed by atoms with E-state index >= 15 is 0 Å². The monoisotopic (exact) mass is 345 g/mol. The number of carbonyl (C=O) groups is 2. The molecule has 0 unspecified atom stereocenters. The maximum atomic E-state index is 11.9. The molecule has 2 aromatic rings. The van der Waals surface area contributed by atoms with Gasteiger partial charge in [0.15, 0.2) is 0 Å². The number of nitrogens with zero attached hydrogens (tertiary/aromatic N) is 1. The third-order valence-electron chi connectivity index (χ3n) is 3.54. The summed E-state index contributed by atoms with van der Waals surface area (Å²) in [7, 11) is 0. The zero-order chi connectivity index (χ0) is 16.9. The zero-order valence-electron chi connectivity index (χ0n) is 12.8. The average Bonchev–Trinajstić information content (AvgIpc) is 3.00. The van der Waals surface area contributed by atoms with Crippen LogP contribution in [-0.2, 0) is 11.3 Å². The minimum Gasteiger partial charge on any atom is -0.447 e. The Labute approximate surface area is 144 Å². The number of anilines is 2. The van der Waals surface area contributed by atoms with E-state index in [1.807, 2.05) is 12.1 Å². The summed E-state index contributed by atoms with van der Waals surface area (Å²) >= 11 is 5.90. The van der Waals surface area contributed by atoms with E-state index in [0.29, 0.717) is 30.4 Å². The Bertz CT molecular complexity index is 749. The van der Waals surface area contributed by atoms with Crippen LogP contribution in [-0.4, -0.2) is 25.3 Å². The summed E-state index contributed by atoms with van der Waals surface area (Å²) in [4.78, 5) is 25.0. The summed E-state index contributed by atoms with van der Waals surface area (Å²) in [6, 6.07) is 14.0. The Balaban J connectivity index is 1.53. The first-order valence-electron chi connectivity index (χ1n) is 7.45. The maximum Gasteiger partial charge on any atom is 0.414 e. The summed E-state index contributed by atoms with van der Waals surface area (Å²) in [5.74, 6) is 0. The number of urea groups is 1. The molecule has 3 amide bonds. The normalized spacial score (nSPS) is 13.5. The molecule has 2 N–H and O–H groups in total. The Morgan fingerprint density at radius 2 is 2.00 bits per heavy atom. The predicted molar refractivity (Wildman–Crippen MR) is 92.4 cm³/mol. The van der Waals surface area contributed by atoms with Crippen molar-refractivity contribution in [3.8, 4) is 0 Å². The molecule has 0 atom stereocenters. The highest BCUT2D eigenvalue weighted by Crippen LogP contribution is 2.21. The Morgan fingerprint density at radius 1 is 1.21 bits per heavy atom. The SMILES string of the molecule is O=C(NCc1cccc(Cl)c1)Nc1ccc(N2CCOC2=O)cc1. The largest absolute Gasteiger partial charge is 0.447 e. The number of nitrogens with one attached hydrogen (secondary N) is 2. The smallest absolute Gasteiger partial charge is 0.414 e. The number of cyclic esters (lactones) is 1. The second-order valence-electron chi connectivity index (χ2n) is 5.25. The number of hydrogen-bond donors (Lipinski definition) is 2. The molecule has 0 aromatic heterocycles. The molecule has 24 heavy (non-hydrogen) atoms. The number of rotatable bonds is 4. The Kier molecular flexibility index (Phi) is 4.86. The van der Waals surface area contributed by atoms with E-state index in [2.05, 4.69) is 10.6 Å². The Hall–Kier alpha value is -2.73. The summed E-state index contributed by atoms with van der Waals surface area (Å²) in [5, 5.41) is 6.13. The van der Waals surface area contributed by atoms with E-state index in [1.165, 1.54) is 0 Å². The maximum absolute atomic E-state index is 11.9. The molecule has 0 spiro atoms. The van der Waals surface area contributed by atoms with Gasteiger partial charge in [-0.1, -0.05) is 23.7 Å². The first-order chi connectivity index (χ1) is 11.6. The van der Waals surface area contributed by atoms with Crippen molar-refractivity contribution in [2.45, 2.75) is 6.54 Å². The van der Waals surface area contributed by atoms with Gasteiger partial charge in [-0.05, 0) is 42.0 Å². The van der Waals surface area contributed by atoms with Crippen LogP contribution in [0, 0.1) is 0 Å². The average molecular weight is 346 g/mol. The van der Waals surface area contributed by atoms with Gasteiger partial charge in [-0.3, -0.25) is 4.90 Å². The zero-order valence-corrected chi connectivity index (χ0v) is 13.5. The molecule has 1 saturated heterocycles. The third kappa shape index (κ3) is 3.97. The van der Waals surface area contributed by atoms with Gasteiger partial charge in [0.2, 0.25) is 0 Å². The van der Waals surface area contributed by atoms with Gasteiger partial charge in [-0.25, -0.2) is 9.59 Å². The molecule has 1 aliphatic heterocycles. The fourth-order valence-electron chi connectivity index (χ4n) is 2.36. The lowest BCUT2D eigenvalue weighted by molar-refractivity contribution is 0.181. The minimum absolute atomic E-state index is 0.316. The molecule has 0 bridgehead atoms. The molecule has 1 fully saturated rings. The van der Waals surface area contributed by atoms with Crippen LogP contribution in [0.15, 0.2) is 48.5 Å². The number of benzene rings is 2. The van der Waals surface area contributed by atoms with Crippen molar-refractivity contribution in [3.05, 3.63) is 59.1 Å². The topological polar surface area (TPSA) is 70.7 Å². The molecule has 0 saturated carbocycles. The summed E-state index contributed by atoms with van der Waals surface area (Å²) in [6.45, 7) is 1.31. The second kappa shape index (κ2) is 7.23. The van der Waals surface area contributed by atoms with Gasteiger partial charge in [0.25, 0.3) is 0 Å². The van der Waals surface area contributed by atoms with Crippen molar-refractivity contribution in [1.29, 1.82) is 0 Å². The lowest BCUT2D eigenvalue weighted by Gasteiger charge is -2.13. The van der Waals surface area contributed by atoms with E-state index in [-0.39, 0.29) is 12.1 Å². The first-order valence-corrected chi connectivity index (χ1v) is 7.83. The highest BCUT2D eigenvalue weighted by Gasteiger charge is 2.23. The van der Waals surface area contributed by atoms with Crippen LogP contribution in [0.2, 0.25) is 5.02 Å². The molecule has 2 aromatic carbocycles. The number of hydrogen-bond acceptors (Lipinski definition) is 3. The first kappa shape index (κ1) is 16.1. The lowest BCUT2D eigenvalue weighted by Crippen LogP contribution is -2.28. The van der Waals surface area contributed by atoms with E-state index in [1.54, 1.807) is 41.3 Å². The van der Waals surface area contributed by atoms with Crippen molar-refractivity contribution in [2.24, 2.45) is 0 Å². The molecule has 124 valence electrons.